The molecule has 0 bridgehead atoms. The number of aromatic nitrogens is 2. The molecule has 0 amide bonds. The molecular formula is C25H29N3O3. The van der Waals surface area contributed by atoms with Gasteiger partial charge in [0.15, 0.2) is 0 Å². The van der Waals surface area contributed by atoms with E-state index in [0.29, 0.717) is 11.1 Å². The molecule has 0 aliphatic carbocycles. The second-order valence-corrected chi connectivity index (χ2v) is 6.15. The minimum atomic E-state index is -3.70. The highest BCUT2D eigenvalue weighted by molar-refractivity contribution is 5.78. The van der Waals surface area contributed by atoms with Crippen LogP contribution in [0.25, 0.3) is 22.5 Å². The highest BCUT2D eigenvalue weighted by Gasteiger charge is 2.17. The van der Waals surface area contributed by atoms with Crippen LogP contribution in [0.1, 0.15) is 44.4 Å². The first-order valence-corrected chi connectivity index (χ1v) is 9.25. The Morgan fingerprint density at radius 3 is 2.35 bits per heavy atom. The van der Waals surface area contributed by atoms with Crippen molar-refractivity contribution in [2.24, 2.45) is 0 Å². The van der Waals surface area contributed by atoms with E-state index in [1.807, 2.05) is 0 Å². The first kappa shape index (κ1) is 10.9. The van der Waals surface area contributed by atoms with E-state index >= 15 is 0 Å². The average Bonchev–Trinajstić information content (AvgIpc) is 2.91. The SMILES string of the molecule is [2H]C([2H])(CCC([2H])([2H])N(c1cnc(-c2ccccc2)c(-c2ccccc2)n1)C([2H])(C([2H])([2H])[2H])C([2H])([2H])[2H])OC([2H])([2H])C(=O)O. The van der Waals surface area contributed by atoms with Crippen LogP contribution in [-0.2, 0) is 9.53 Å². The van der Waals surface area contributed by atoms with E-state index in [-0.39, 0.29) is 16.3 Å². The third-order valence-corrected chi connectivity index (χ3v) is 4.01. The second-order valence-electron chi connectivity index (χ2n) is 6.15. The fraction of sp³-hybridized carbons (Fsp3) is 0.320. The monoisotopic (exact) mass is 432 g/mol. The predicted molar refractivity (Wildman–Crippen MR) is 123 cm³/mol. The number of aliphatic carboxylic acids is 1. The van der Waals surface area contributed by atoms with E-state index in [0.717, 1.165) is 6.20 Å². The molecule has 0 radical (unpaired) electrons. The Morgan fingerprint density at radius 1 is 1.10 bits per heavy atom. The molecule has 0 saturated carbocycles. The lowest BCUT2D eigenvalue weighted by Gasteiger charge is -2.28. The van der Waals surface area contributed by atoms with Gasteiger partial charge in [-0.3, -0.25) is 4.98 Å². The van der Waals surface area contributed by atoms with Gasteiger partial charge in [0.1, 0.15) is 12.4 Å². The third-order valence-electron chi connectivity index (χ3n) is 4.01. The molecule has 1 heterocycles. The zero-order valence-corrected chi connectivity index (χ0v) is 16.4. The van der Waals surface area contributed by atoms with E-state index in [4.69, 9.17) is 22.9 Å². The molecule has 0 fully saturated rings. The summed E-state index contributed by atoms with van der Waals surface area (Å²) in [4.78, 5) is 20.0. The summed E-state index contributed by atoms with van der Waals surface area (Å²) in [6, 6.07) is 13.3. The Balaban J connectivity index is 2.26. The molecule has 162 valence electrons. The molecule has 1 N–H and O–H groups in total. The molecule has 31 heavy (non-hydrogen) atoms. The molecule has 3 aromatic rings. The van der Waals surface area contributed by atoms with Gasteiger partial charge in [-0.05, 0) is 26.5 Å². The minimum absolute atomic E-state index is 0.0989. The lowest BCUT2D eigenvalue weighted by Crippen LogP contribution is -2.33. The number of rotatable bonds is 11. The van der Waals surface area contributed by atoms with Crippen LogP contribution in [0.2, 0.25) is 0 Å². The van der Waals surface area contributed by atoms with Crippen LogP contribution in [0.15, 0.2) is 66.9 Å². The van der Waals surface area contributed by atoms with Crippen molar-refractivity contribution in [3.05, 3.63) is 66.9 Å². The number of carboxylic acids is 1. The number of nitrogens with zero attached hydrogens (tertiary/aromatic N) is 3. The number of ether oxygens (including phenoxy) is 1. The summed E-state index contributed by atoms with van der Waals surface area (Å²) < 4.78 is 110. The largest absolute Gasteiger partial charge is 0.480 e. The first-order chi connectivity index (χ1) is 20.0. The fourth-order valence-electron chi connectivity index (χ4n) is 2.72. The highest BCUT2D eigenvalue weighted by Crippen LogP contribution is 2.30. The van der Waals surface area contributed by atoms with Gasteiger partial charge in [0.25, 0.3) is 0 Å². The molecule has 2 aromatic carbocycles. The Hall–Kier alpha value is -3.25. The fourth-order valence-corrected chi connectivity index (χ4v) is 2.72. The smallest absolute Gasteiger partial charge is 0.329 e. The molecular weight excluding hydrogens is 390 g/mol. The number of hydrogen-bond acceptors (Lipinski definition) is 5. The van der Waals surface area contributed by atoms with Gasteiger partial charge in [-0.1, -0.05) is 60.7 Å². The van der Waals surface area contributed by atoms with Gasteiger partial charge in [-0.15, -0.1) is 0 Å². The summed E-state index contributed by atoms with van der Waals surface area (Å²) in [5.41, 5.74) is 1.39. The standard InChI is InChI=1S/C25H29N3O3/c1-19(2)28(15-9-10-16-31-18-23(29)30)22-17-26-24(20-11-5-3-6-12-20)25(27-22)21-13-7-4-8-14-21/h3-8,11-14,17,19H,9-10,15-16,18H2,1-2H3,(H,29,30)/i1D3,2D3,15D2,16D2,18D2,19D. The Labute approximate surface area is 201 Å². The van der Waals surface area contributed by atoms with Gasteiger partial charge < -0.3 is 14.7 Å². The highest BCUT2D eigenvalue weighted by atomic mass is 16.5. The van der Waals surface area contributed by atoms with Crippen molar-refractivity contribution < 1.29 is 32.5 Å². The second kappa shape index (κ2) is 11.2. The van der Waals surface area contributed by atoms with Crippen molar-refractivity contribution in [2.75, 3.05) is 24.5 Å². The van der Waals surface area contributed by atoms with Crippen LogP contribution >= 0.6 is 0 Å². The molecule has 1 aromatic heterocycles. The van der Waals surface area contributed by atoms with Gasteiger partial charge in [0.05, 0.1) is 24.4 Å². The summed E-state index contributed by atoms with van der Waals surface area (Å²) in [6.45, 7) is -17.2. The quantitative estimate of drug-likeness (QED) is 0.464. The van der Waals surface area contributed by atoms with Crippen molar-refractivity contribution in [3.8, 4) is 22.5 Å². The van der Waals surface area contributed by atoms with Crippen molar-refractivity contribution >= 4 is 11.8 Å². The maximum absolute atomic E-state index is 11.1. The van der Waals surface area contributed by atoms with Gasteiger partial charge in [-0.25, -0.2) is 9.78 Å². The van der Waals surface area contributed by atoms with Gasteiger partial charge in [0, 0.05) is 41.2 Å². The molecule has 0 atom stereocenters. The van der Waals surface area contributed by atoms with E-state index in [2.05, 4.69) is 14.7 Å². The number of hydrogen-bond donors (Lipinski definition) is 1. The van der Waals surface area contributed by atoms with E-state index in [1.54, 1.807) is 60.7 Å². The zero-order valence-electron chi connectivity index (χ0n) is 29.4. The Morgan fingerprint density at radius 2 is 1.74 bits per heavy atom. The number of carboxylic acid groups (broad SMARTS) is 1. The molecule has 3 rings (SSSR count). The van der Waals surface area contributed by atoms with Crippen LogP contribution in [0.4, 0.5) is 5.82 Å². The normalized spacial score (nSPS) is 19.7. The summed E-state index contributed by atoms with van der Waals surface area (Å²) >= 11 is 0. The molecule has 0 aliphatic heterocycles. The molecule has 0 unspecified atom stereocenters. The van der Waals surface area contributed by atoms with Crippen molar-refractivity contribution in [2.45, 2.75) is 32.6 Å². The number of carbonyl (C=O) groups is 1. The van der Waals surface area contributed by atoms with E-state index in [1.165, 1.54) is 0 Å². The number of anilines is 1. The average molecular weight is 433 g/mol. The Bertz CT molecular complexity index is 1440. The van der Waals surface area contributed by atoms with Crippen LogP contribution in [-0.4, -0.2) is 46.7 Å². The summed E-state index contributed by atoms with van der Waals surface area (Å²) in [5.74, 6) is -2.82. The number of benzene rings is 2. The summed E-state index contributed by atoms with van der Waals surface area (Å²) in [7, 11) is 0. The van der Waals surface area contributed by atoms with Crippen molar-refractivity contribution in [1.82, 2.24) is 9.97 Å². The third kappa shape index (κ3) is 6.36. The minimum Gasteiger partial charge on any atom is -0.480 e. The van der Waals surface area contributed by atoms with Gasteiger partial charge >= 0.3 is 5.97 Å². The van der Waals surface area contributed by atoms with Crippen molar-refractivity contribution in [1.29, 1.82) is 0 Å². The predicted octanol–water partition coefficient (Wildman–Crippen LogP) is 4.91. The molecule has 6 heteroatoms. The zero-order chi connectivity index (χ0) is 33.4. The lowest BCUT2D eigenvalue weighted by atomic mass is 10.0. The molecule has 0 aliphatic rings. The molecule has 6 nitrogen and oxygen atoms in total. The van der Waals surface area contributed by atoms with Crippen LogP contribution in [0, 0.1) is 0 Å². The topological polar surface area (TPSA) is 75.5 Å². The lowest BCUT2D eigenvalue weighted by molar-refractivity contribution is -0.142. The first-order valence-electron chi connectivity index (χ1n) is 15.8. The summed E-state index contributed by atoms with van der Waals surface area (Å²) in [5, 5.41) is 8.97. The van der Waals surface area contributed by atoms with Crippen molar-refractivity contribution in [3.63, 3.8) is 0 Å². The van der Waals surface area contributed by atoms with E-state index < -0.39 is 64.0 Å². The van der Waals surface area contributed by atoms with Gasteiger partial charge in [-0.2, -0.15) is 0 Å². The van der Waals surface area contributed by atoms with Crippen LogP contribution < -0.4 is 4.90 Å². The Kier molecular flexibility index (Phi) is 3.93. The van der Waals surface area contributed by atoms with Gasteiger partial charge in [0.2, 0.25) is 0 Å². The maximum Gasteiger partial charge on any atom is 0.329 e. The van der Waals surface area contributed by atoms with E-state index in [9.17, 15) is 4.79 Å². The summed E-state index contributed by atoms with van der Waals surface area (Å²) in [6.07, 6.45) is -1.25. The molecule has 0 spiro atoms. The van der Waals surface area contributed by atoms with Crippen LogP contribution in [0.3, 0.4) is 0 Å². The molecule has 0 saturated heterocycles. The maximum atomic E-state index is 11.1. The van der Waals surface area contributed by atoms with Crippen LogP contribution in [0.5, 0.6) is 0 Å².